The van der Waals surface area contributed by atoms with Gasteiger partial charge in [-0.2, -0.15) is 0 Å². The molecule has 0 amide bonds. The molecule has 1 heterocycles. The summed E-state index contributed by atoms with van der Waals surface area (Å²) in [6.45, 7) is 4.09. The topological polar surface area (TPSA) is 30.7 Å². The van der Waals surface area contributed by atoms with Crippen molar-refractivity contribution in [3.8, 4) is 0 Å². The first-order chi connectivity index (χ1) is 4.20. The maximum Gasteiger partial charge on any atom is 0.205 e. The van der Waals surface area contributed by atoms with Crippen molar-refractivity contribution >= 4 is 12.6 Å². The van der Waals surface area contributed by atoms with Crippen molar-refractivity contribution in [3.05, 3.63) is 6.33 Å². The molecule has 1 rings (SSSR count). The second-order valence-electron chi connectivity index (χ2n) is 2.12. The average molecular weight is 143 g/mol. The van der Waals surface area contributed by atoms with Crippen LogP contribution in [0.2, 0.25) is 0 Å². The van der Waals surface area contributed by atoms with Crippen LogP contribution in [0, 0.1) is 0 Å². The summed E-state index contributed by atoms with van der Waals surface area (Å²) in [5.74, 6) is 0. The van der Waals surface area contributed by atoms with Crippen LogP contribution >= 0.6 is 12.6 Å². The van der Waals surface area contributed by atoms with Crippen molar-refractivity contribution in [1.82, 2.24) is 14.8 Å². The van der Waals surface area contributed by atoms with Crippen LogP contribution in [0.25, 0.3) is 0 Å². The second-order valence-corrected chi connectivity index (χ2v) is 2.52. The predicted octanol–water partition coefficient (Wildman–Crippen LogP) is 1.15. The number of aromatic nitrogens is 3. The molecule has 3 nitrogen and oxygen atoms in total. The summed E-state index contributed by atoms with van der Waals surface area (Å²) < 4.78 is 1.77. The fourth-order valence-electron chi connectivity index (χ4n) is 0.515. The van der Waals surface area contributed by atoms with Gasteiger partial charge in [0.25, 0.3) is 0 Å². The lowest BCUT2D eigenvalue weighted by atomic mass is 10.4. The van der Waals surface area contributed by atoms with Gasteiger partial charge in [-0.05, 0) is 13.8 Å². The lowest BCUT2D eigenvalue weighted by Crippen LogP contribution is -2.00. The van der Waals surface area contributed by atoms with Crippen molar-refractivity contribution < 1.29 is 0 Å². The van der Waals surface area contributed by atoms with Crippen molar-refractivity contribution in [1.29, 1.82) is 0 Å². The average Bonchev–Trinajstić information content (AvgIpc) is 2.14. The molecule has 0 atom stereocenters. The Kier molecular flexibility index (Phi) is 1.75. The summed E-state index contributed by atoms with van der Waals surface area (Å²) in [5, 5.41) is 4.51. The molecule has 50 valence electrons. The van der Waals surface area contributed by atoms with E-state index in [1.54, 1.807) is 11.0 Å². The molecule has 0 spiro atoms. The summed E-state index contributed by atoms with van der Waals surface area (Å²) in [7, 11) is 0. The minimum Gasteiger partial charge on any atom is -0.249 e. The molecule has 0 aliphatic heterocycles. The van der Waals surface area contributed by atoms with Crippen molar-refractivity contribution in [2.45, 2.75) is 25.0 Å². The van der Waals surface area contributed by atoms with E-state index in [9.17, 15) is 0 Å². The number of hydrogen-bond donors (Lipinski definition) is 1. The van der Waals surface area contributed by atoms with Crippen LogP contribution in [0.1, 0.15) is 19.9 Å². The van der Waals surface area contributed by atoms with E-state index in [2.05, 4.69) is 22.7 Å². The van der Waals surface area contributed by atoms with Gasteiger partial charge in [-0.1, -0.05) is 0 Å². The van der Waals surface area contributed by atoms with Crippen LogP contribution in [0.15, 0.2) is 11.5 Å². The molecule has 0 saturated heterocycles. The van der Waals surface area contributed by atoms with Crippen LogP contribution in [0.5, 0.6) is 0 Å². The van der Waals surface area contributed by atoms with E-state index in [0.717, 1.165) is 0 Å². The molecule has 0 radical (unpaired) electrons. The van der Waals surface area contributed by atoms with Crippen LogP contribution in [-0.4, -0.2) is 14.8 Å². The van der Waals surface area contributed by atoms with Crippen molar-refractivity contribution in [2.24, 2.45) is 0 Å². The second kappa shape index (κ2) is 2.39. The quantitative estimate of drug-likeness (QED) is 0.598. The van der Waals surface area contributed by atoms with Gasteiger partial charge in [0.05, 0.1) is 0 Å². The largest absolute Gasteiger partial charge is 0.249 e. The Labute approximate surface area is 59.5 Å². The molecule has 0 aliphatic carbocycles. The molecule has 1 aromatic heterocycles. The van der Waals surface area contributed by atoms with Gasteiger partial charge in [0, 0.05) is 6.04 Å². The Balaban J connectivity index is 2.85. The van der Waals surface area contributed by atoms with Crippen LogP contribution < -0.4 is 0 Å². The summed E-state index contributed by atoms with van der Waals surface area (Å²) in [4.78, 5) is 3.85. The van der Waals surface area contributed by atoms with Gasteiger partial charge >= 0.3 is 0 Å². The number of nitrogens with zero attached hydrogens (tertiary/aromatic N) is 3. The number of hydrogen-bond acceptors (Lipinski definition) is 3. The van der Waals surface area contributed by atoms with E-state index < -0.39 is 0 Å². The van der Waals surface area contributed by atoms with Crippen molar-refractivity contribution in [3.63, 3.8) is 0 Å². The molecule has 0 N–H and O–H groups in total. The molecule has 0 fully saturated rings. The molecule has 0 bridgehead atoms. The third-order valence-corrected chi connectivity index (χ3v) is 1.23. The molecule has 0 aliphatic rings. The highest BCUT2D eigenvalue weighted by Crippen LogP contribution is 2.02. The maximum absolute atomic E-state index is 3.98. The molecule has 4 heteroatoms. The number of thiol groups is 1. The van der Waals surface area contributed by atoms with E-state index in [1.165, 1.54) is 0 Å². The molecular weight excluding hydrogens is 134 g/mol. The molecule has 0 unspecified atom stereocenters. The molecule has 0 aromatic carbocycles. The van der Waals surface area contributed by atoms with Gasteiger partial charge in [-0.25, -0.2) is 9.67 Å². The highest BCUT2D eigenvalue weighted by atomic mass is 32.1. The Morgan fingerprint density at radius 1 is 1.67 bits per heavy atom. The summed E-state index contributed by atoms with van der Waals surface area (Å²) in [6, 6.07) is 0.374. The lowest BCUT2D eigenvalue weighted by molar-refractivity contribution is 0.522. The first-order valence-electron chi connectivity index (χ1n) is 2.80. The Bertz CT molecular complexity index is 194. The van der Waals surface area contributed by atoms with Crippen LogP contribution in [0.4, 0.5) is 0 Å². The molecule has 0 saturated carbocycles. The smallest absolute Gasteiger partial charge is 0.205 e. The van der Waals surface area contributed by atoms with E-state index in [-0.39, 0.29) is 0 Å². The van der Waals surface area contributed by atoms with E-state index in [0.29, 0.717) is 11.2 Å². The maximum atomic E-state index is 3.98. The summed E-state index contributed by atoms with van der Waals surface area (Å²) >= 11 is 3.96. The van der Waals surface area contributed by atoms with Gasteiger partial charge < -0.3 is 0 Å². The van der Waals surface area contributed by atoms with Gasteiger partial charge in [0.1, 0.15) is 6.33 Å². The van der Waals surface area contributed by atoms with Crippen molar-refractivity contribution in [2.75, 3.05) is 0 Å². The van der Waals surface area contributed by atoms with Gasteiger partial charge in [-0.15, -0.1) is 17.7 Å². The van der Waals surface area contributed by atoms with Crippen LogP contribution in [-0.2, 0) is 0 Å². The molecule has 1 aromatic rings. The monoisotopic (exact) mass is 143 g/mol. The van der Waals surface area contributed by atoms with E-state index in [1.807, 2.05) is 13.8 Å². The fourth-order valence-corrected chi connectivity index (χ4v) is 0.669. The standard InChI is InChI=1S/C5H9N3S/c1-4(2)8-3-6-5(9)7-8/h3-4H,1-2H3,(H,7,9). The minimum atomic E-state index is 0.374. The minimum absolute atomic E-state index is 0.374. The SMILES string of the molecule is CC(C)n1cnc(S)n1. The third kappa shape index (κ3) is 1.45. The third-order valence-electron chi connectivity index (χ3n) is 1.03. The molecule has 9 heavy (non-hydrogen) atoms. The molecular formula is C5H9N3S. The zero-order valence-electron chi connectivity index (χ0n) is 5.44. The van der Waals surface area contributed by atoms with E-state index in [4.69, 9.17) is 0 Å². The fraction of sp³-hybridized carbons (Fsp3) is 0.600. The lowest BCUT2D eigenvalue weighted by Gasteiger charge is -2.00. The number of rotatable bonds is 1. The highest BCUT2D eigenvalue weighted by Gasteiger charge is 1.97. The zero-order valence-corrected chi connectivity index (χ0v) is 6.34. The predicted molar refractivity (Wildman–Crippen MR) is 37.7 cm³/mol. The normalized spacial score (nSPS) is 10.7. The Morgan fingerprint density at radius 3 is 2.56 bits per heavy atom. The Morgan fingerprint density at radius 2 is 2.33 bits per heavy atom. The first-order valence-corrected chi connectivity index (χ1v) is 3.25. The van der Waals surface area contributed by atoms with E-state index >= 15 is 0 Å². The Hall–Kier alpha value is -0.510. The van der Waals surface area contributed by atoms with Gasteiger partial charge in [0.15, 0.2) is 0 Å². The zero-order chi connectivity index (χ0) is 6.85. The summed E-state index contributed by atoms with van der Waals surface area (Å²) in [5.41, 5.74) is 0. The van der Waals surface area contributed by atoms with Crippen LogP contribution in [0.3, 0.4) is 0 Å². The van der Waals surface area contributed by atoms with Gasteiger partial charge in [0.2, 0.25) is 5.16 Å². The highest BCUT2D eigenvalue weighted by molar-refractivity contribution is 7.80. The summed E-state index contributed by atoms with van der Waals surface area (Å²) in [6.07, 6.45) is 1.67. The first kappa shape index (κ1) is 6.61. The van der Waals surface area contributed by atoms with Gasteiger partial charge in [-0.3, -0.25) is 0 Å².